The van der Waals surface area contributed by atoms with Gasteiger partial charge in [-0.3, -0.25) is 9.69 Å². The van der Waals surface area contributed by atoms with Crippen molar-refractivity contribution in [2.24, 2.45) is 11.5 Å². The maximum atomic E-state index is 10.6. The van der Waals surface area contributed by atoms with E-state index in [-0.39, 0.29) is 11.9 Å². The zero-order chi connectivity index (χ0) is 9.14. The Morgan fingerprint density at radius 3 is 2.67 bits per heavy atom. The monoisotopic (exact) mass is 171 g/mol. The van der Waals surface area contributed by atoms with E-state index < -0.39 is 0 Å². The van der Waals surface area contributed by atoms with Crippen LogP contribution in [0.2, 0.25) is 0 Å². The first kappa shape index (κ1) is 9.48. The van der Waals surface area contributed by atoms with Gasteiger partial charge >= 0.3 is 0 Å². The Kier molecular flexibility index (Phi) is 3.05. The van der Waals surface area contributed by atoms with Crippen LogP contribution in [0.5, 0.6) is 0 Å². The number of carbonyl (C=O) groups excluding carboxylic acids is 1. The van der Waals surface area contributed by atoms with Crippen LogP contribution in [0, 0.1) is 0 Å². The molecule has 0 bridgehead atoms. The number of amides is 1. The normalized spacial score (nSPS) is 29.6. The highest BCUT2D eigenvalue weighted by Crippen LogP contribution is 2.21. The molecule has 4 nitrogen and oxygen atoms in total. The highest BCUT2D eigenvalue weighted by Gasteiger charge is 2.27. The Balaban J connectivity index is 2.40. The molecule has 0 aromatic heterocycles. The van der Waals surface area contributed by atoms with Crippen molar-refractivity contribution < 1.29 is 4.79 Å². The molecule has 1 aliphatic rings. The van der Waals surface area contributed by atoms with Crippen LogP contribution in [-0.2, 0) is 4.79 Å². The number of rotatable bonds is 3. The first-order valence-electron chi connectivity index (χ1n) is 4.35. The standard InChI is InChI=1S/C8H17N3O/c1-11(5-8(10)12)7-4-2-3-6(7)9/h6-7H,2-5,9H2,1H3,(H2,10,12). The molecule has 2 unspecified atom stereocenters. The summed E-state index contributed by atoms with van der Waals surface area (Å²) in [6, 6.07) is 0.562. The van der Waals surface area contributed by atoms with Gasteiger partial charge in [-0.25, -0.2) is 0 Å². The lowest BCUT2D eigenvalue weighted by Crippen LogP contribution is -2.45. The van der Waals surface area contributed by atoms with E-state index in [2.05, 4.69) is 0 Å². The predicted octanol–water partition coefficient (Wildman–Crippen LogP) is -0.717. The summed E-state index contributed by atoms with van der Waals surface area (Å²) in [4.78, 5) is 12.6. The molecule has 1 aliphatic carbocycles. The van der Waals surface area contributed by atoms with Crippen molar-refractivity contribution in [2.45, 2.75) is 31.3 Å². The van der Waals surface area contributed by atoms with Crippen molar-refractivity contribution >= 4 is 5.91 Å². The quantitative estimate of drug-likeness (QED) is 0.589. The lowest BCUT2D eigenvalue weighted by Gasteiger charge is -2.26. The summed E-state index contributed by atoms with van der Waals surface area (Å²) < 4.78 is 0. The highest BCUT2D eigenvalue weighted by atomic mass is 16.1. The van der Waals surface area contributed by atoms with Gasteiger partial charge in [-0.05, 0) is 19.9 Å². The molecule has 0 radical (unpaired) electrons. The van der Waals surface area contributed by atoms with E-state index in [1.54, 1.807) is 0 Å². The topological polar surface area (TPSA) is 72.3 Å². The largest absolute Gasteiger partial charge is 0.369 e. The molecule has 1 rings (SSSR count). The van der Waals surface area contributed by atoms with Gasteiger partial charge < -0.3 is 11.5 Å². The van der Waals surface area contributed by atoms with E-state index in [0.717, 1.165) is 19.3 Å². The summed E-state index contributed by atoms with van der Waals surface area (Å²) in [6.07, 6.45) is 3.31. The van der Waals surface area contributed by atoms with Crippen LogP contribution in [0.3, 0.4) is 0 Å². The van der Waals surface area contributed by atoms with Gasteiger partial charge in [0.25, 0.3) is 0 Å². The number of likely N-dealkylation sites (N-methyl/N-ethyl adjacent to an activating group) is 1. The maximum Gasteiger partial charge on any atom is 0.231 e. The Bertz CT molecular complexity index is 172. The Morgan fingerprint density at radius 2 is 2.25 bits per heavy atom. The average molecular weight is 171 g/mol. The minimum absolute atomic E-state index is 0.217. The third kappa shape index (κ3) is 2.19. The molecule has 1 fully saturated rings. The van der Waals surface area contributed by atoms with Gasteiger partial charge in [-0.1, -0.05) is 6.42 Å². The van der Waals surface area contributed by atoms with Crippen LogP contribution in [0.15, 0.2) is 0 Å². The van der Waals surface area contributed by atoms with Gasteiger partial charge in [0, 0.05) is 12.1 Å². The van der Waals surface area contributed by atoms with E-state index in [4.69, 9.17) is 11.5 Å². The second-order valence-corrected chi connectivity index (χ2v) is 3.54. The van der Waals surface area contributed by atoms with E-state index in [1.807, 2.05) is 11.9 Å². The van der Waals surface area contributed by atoms with Crippen LogP contribution < -0.4 is 11.5 Å². The van der Waals surface area contributed by atoms with E-state index in [0.29, 0.717) is 12.6 Å². The fraction of sp³-hybridized carbons (Fsp3) is 0.875. The summed E-state index contributed by atoms with van der Waals surface area (Å²) >= 11 is 0. The number of nitrogens with two attached hydrogens (primary N) is 2. The van der Waals surface area contributed by atoms with Gasteiger partial charge in [-0.15, -0.1) is 0 Å². The molecule has 0 heterocycles. The highest BCUT2D eigenvalue weighted by molar-refractivity contribution is 5.75. The predicted molar refractivity (Wildman–Crippen MR) is 47.4 cm³/mol. The summed E-state index contributed by atoms with van der Waals surface area (Å²) in [7, 11) is 1.90. The molecule has 2 atom stereocenters. The van der Waals surface area contributed by atoms with Crippen molar-refractivity contribution in [3.63, 3.8) is 0 Å². The van der Waals surface area contributed by atoms with Gasteiger partial charge in [0.1, 0.15) is 0 Å². The van der Waals surface area contributed by atoms with Crippen molar-refractivity contribution in [1.82, 2.24) is 4.90 Å². The zero-order valence-electron chi connectivity index (χ0n) is 7.49. The molecular weight excluding hydrogens is 154 g/mol. The molecule has 0 saturated heterocycles. The Hall–Kier alpha value is -0.610. The molecule has 1 saturated carbocycles. The number of carbonyl (C=O) groups is 1. The van der Waals surface area contributed by atoms with Crippen LogP contribution in [0.1, 0.15) is 19.3 Å². The molecule has 70 valence electrons. The minimum atomic E-state index is -0.281. The molecule has 0 aromatic carbocycles. The SMILES string of the molecule is CN(CC(N)=O)C1CCCC1N. The molecule has 1 amide bonds. The van der Waals surface area contributed by atoms with Crippen LogP contribution in [0.25, 0.3) is 0 Å². The second-order valence-electron chi connectivity index (χ2n) is 3.54. The number of hydrogen-bond acceptors (Lipinski definition) is 3. The molecule has 0 aromatic rings. The lowest BCUT2D eigenvalue weighted by molar-refractivity contribution is -0.119. The summed E-state index contributed by atoms with van der Waals surface area (Å²) in [6.45, 7) is 0.318. The third-order valence-corrected chi connectivity index (χ3v) is 2.50. The Labute approximate surface area is 72.9 Å². The van der Waals surface area contributed by atoms with Gasteiger partial charge in [0.05, 0.1) is 6.54 Å². The summed E-state index contributed by atoms with van der Waals surface area (Å²) in [5, 5.41) is 0. The lowest BCUT2D eigenvalue weighted by atomic mass is 10.1. The zero-order valence-corrected chi connectivity index (χ0v) is 7.49. The summed E-state index contributed by atoms with van der Waals surface area (Å²) in [5.41, 5.74) is 10.9. The smallest absolute Gasteiger partial charge is 0.231 e. The molecule has 0 spiro atoms. The first-order valence-corrected chi connectivity index (χ1v) is 4.35. The van der Waals surface area contributed by atoms with E-state index in [9.17, 15) is 4.79 Å². The Morgan fingerprint density at radius 1 is 1.58 bits per heavy atom. The van der Waals surface area contributed by atoms with Crippen molar-refractivity contribution in [3.8, 4) is 0 Å². The van der Waals surface area contributed by atoms with Crippen molar-refractivity contribution in [2.75, 3.05) is 13.6 Å². The second kappa shape index (κ2) is 3.87. The maximum absolute atomic E-state index is 10.6. The molecule has 4 heteroatoms. The molecule has 0 aliphatic heterocycles. The number of hydrogen-bond donors (Lipinski definition) is 2. The van der Waals surface area contributed by atoms with Crippen LogP contribution >= 0.6 is 0 Å². The van der Waals surface area contributed by atoms with Gasteiger partial charge in [0.15, 0.2) is 0 Å². The minimum Gasteiger partial charge on any atom is -0.369 e. The van der Waals surface area contributed by atoms with Crippen molar-refractivity contribution in [1.29, 1.82) is 0 Å². The molecule has 4 N–H and O–H groups in total. The van der Waals surface area contributed by atoms with Crippen LogP contribution in [0.4, 0.5) is 0 Å². The first-order chi connectivity index (χ1) is 5.61. The summed E-state index contributed by atoms with van der Waals surface area (Å²) in [5.74, 6) is -0.281. The van der Waals surface area contributed by atoms with Gasteiger partial charge in [-0.2, -0.15) is 0 Å². The van der Waals surface area contributed by atoms with Crippen molar-refractivity contribution in [3.05, 3.63) is 0 Å². The number of nitrogens with zero attached hydrogens (tertiary/aromatic N) is 1. The molecular formula is C8H17N3O. The average Bonchev–Trinajstić information content (AvgIpc) is 2.33. The fourth-order valence-electron chi connectivity index (χ4n) is 1.88. The van der Waals surface area contributed by atoms with Crippen LogP contribution in [-0.4, -0.2) is 36.5 Å². The third-order valence-electron chi connectivity index (χ3n) is 2.50. The fourth-order valence-corrected chi connectivity index (χ4v) is 1.88. The molecule has 12 heavy (non-hydrogen) atoms. The number of primary amides is 1. The van der Waals surface area contributed by atoms with E-state index in [1.165, 1.54) is 0 Å². The van der Waals surface area contributed by atoms with Gasteiger partial charge in [0.2, 0.25) is 5.91 Å². The van der Waals surface area contributed by atoms with E-state index >= 15 is 0 Å².